The molecule has 0 saturated carbocycles. The molecular formula is C14H28ClNSi3. The first-order chi connectivity index (χ1) is 8.36. The molecular weight excluding hydrogens is 302 g/mol. The zero-order chi connectivity index (χ0) is 15.1. The van der Waals surface area contributed by atoms with Gasteiger partial charge in [0.15, 0.2) is 7.38 Å². The zero-order valence-corrected chi connectivity index (χ0v) is 17.4. The van der Waals surface area contributed by atoms with Gasteiger partial charge in [0.25, 0.3) is 0 Å². The summed E-state index contributed by atoms with van der Waals surface area (Å²) in [5, 5.41) is 0. The van der Waals surface area contributed by atoms with E-state index in [1.54, 1.807) is 0 Å². The molecule has 1 aromatic rings. The first-order valence-corrected chi connectivity index (χ1v) is 18.0. The molecule has 1 rings (SSSR count). The highest BCUT2D eigenvalue weighted by atomic mass is 35.6. The summed E-state index contributed by atoms with van der Waals surface area (Å²) in [5.74, 6) is 0. The maximum atomic E-state index is 7.13. The van der Waals surface area contributed by atoms with Gasteiger partial charge in [0, 0.05) is 16.2 Å². The lowest BCUT2D eigenvalue weighted by Gasteiger charge is -2.57. The van der Waals surface area contributed by atoms with Crippen LogP contribution in [-0.4, -0.2) is 28.5 Å². The van der Waals surface area contributed by atoms with Gasteiger partial charge >= 0.3 is 0 Å². The Hall–Kier alpha value is 0.0906. The van der Waals surface area contributed by atoms with Crippen LogP contribution < -0.4 is 0 Å². The summed E-state index contributed by atoms with van der Waals surface area (Å²) in [6, 6.07) is 6.34. The minimum atomic E-state index is -1.92. The van der Waals surface area contributed by atoms with E-state index in [0.717, 1.165) is 0 Å². The molecule has 0 amide bonds. The number of rotatable bonds is 4. The molecule has 5 heteroatoms. The maximum absolute atomic E-state index is 7.13. The molecule has 0 aromatic carbocycles. The van der Waals surface area contributed by atoms with Crippen LogP contribution in [0.1, 0.15) is 5.69 Å². The van der Waals surface area contributed by atoms with Crippen molar-refractivity contribution >= 4 is 34.6 Å². The van der Waals surface area contributed by atoms with E-state index in [1.807, 2.05) is 12.3 Å². The van der Waals surface area contributed by atoms with Gasteiger partial charge < -0.3 is 0 Å². The van der Waals surface area contributed by atoms with Gasteiger partial charge in [-0.1, -0.05) is 58.4 Å². The molecule has 0 radical (unpaired) electrons. The van der Waals surface area contributed by atoms with Crippen molar-refractivity contribution in [2.24, 2.45) is 0 Å². The molecule has 0 aliphatic rings. The standard InChI is InChI=1S/C14H28ClNSi3/c1-17(2,3)14(18(4,5)6,19(7,8)15)13-11-9-10-12-16-13/h9-12H,1-8H3. The summed E-state index contributed by atoms with van der Waals surface area (Å²) in [5.41, 5.74) is 1.26. The Morgan fingerprint density at radius 2 is 1.37 bits per heavy atom. The molecule has 0 spiro atoms. The van der Waals surface area contributed by atoms with E-state index in [2.05, 4.69) is 64.5 Å². The van der Waals surface area contributed by atoms with Gasteiger partial charge in [-0.2, -0.15) is 11.1 Å². The van der Waals surface area contributed by atoms with Gasteiger partial charge in [0.1, 0.15) is 0 Å². The topological polar surface area (TPSA) is 12.9 Å². The Morgan fingerprint density at radius 1 is 0.895 bits per heavy atom. The average Bonchev–Trinajstić information content (AvgIpc) is 2.12. The SMILES string of the molecule is C[Si](C)(C)C(c1ccccn1)([Si](C)(C)C)[Si](C)(C)Cl. The fourth-order valence-corrected chi connectivity index (χ4v) is 35.8. The molecule has 1 heterocycles. The van der Waals surface area contributed by atoms with Crippen LogP contribution in [0.2, 0.25) is 52.4 Å². The van der Waals surface area contributed by atoms with Gasteiger partial charge in [0.2, 0.25) is 0 Å². The van der Waals surface area contributed by atoms with Crippen molar-refractivity contribution in [3.05, 3.63) is 30.1 Å². The van der Waals surface area contributed by atoms with E-state index < -0.39 is 23.5 Å². The molecule has 0 atom stereocenters. The number of nitrogens with zero attached hydrogens (tertiary/aromatic N) is 1. The molecule has 0 aliphatic carbocycles. The second kappa shape index (κ2) is 5.13. The van der Waals surface area contributed by atoms with E-state index in [9.17, 15) is 0 Å². The molecule has 0 fully saturated rings. The molecule has 19 heavy (non-hydrogen) atoms. The van der Waals surface area contributed by atoms with Crippen molar-refractivity contribution in [1.82, 2.24) is 4.98 Å². The van der Waals surface area contributed by atoms with E-state index in [1.165, 1.54) is 5.69 Å². The molecule has 0 aliphatic heterocycles. The molecule has 0 bridgehead atoms. The highest BCUT2D eigenvalue weighted by molar-refractivity contribution is 7.32. The number of hydrogen-bond donors (Lipinski definition) is 0. The van der Waals surface area contributed by atoms with Crippen LogP contribution in [-0.2, 0) is 4.28 Å². The maximum Gasteiger partial charge on any atom is 0.157 e. The van der Waals surface area contributed by atoms with E-state index >= 15 is 0 Å². The zero-order valence-electron chi connectivity index (χ0n) is 13.6. The average molecular weight is 330 g/mol. The van der Waals surface area contributed by atoms with Crippen LogP contribution in [0.4, 0.5) is 0 Å². The first-order valence-electron chi connectivity index (χ1n) is 6.96. The fraction of sp³-hybridized carbons (Fsp3) is 0.643. The van der Waals surface area contributed by atoms with Gasteiger partial charge in [-0.25, -0.2) is 0 Å². The Morgan fingerprint density at radius 3 is 1.63 bits per heavy atom. The second-order valence-electron chi connectivity index (χ2n) is 7.94. The molecule has 1 aromatic heterocycles. The van der Waals surface area contributed by atoms with E-state index in [0.29, 0.717) is 0 Å². The number of hydrogen-bond acceptors (Lipinski definition) is 1. The van der Waals surface area contributed by atoms with E-state index in [-0.39, 0.29) is 4.28 Å². The van der Waals surface area contributed by atoms with Crippen molar-refractivity contribution in [2.75, 3.05) is 0 Å². The van der Waals surface area contributed by atoms with Crippen molar-refractivity contribution < 1.29 is 0 Å². The van der Waals surface area contributed by atoms with Gasteiger partial charge in [-0.3, -0.25) is 4.98 Å². The Balaban J connectivity index is 3.76. The summed E-state index contributed by atoms with van der Waals surface area (Å²) in [7, 11) is -4.95. The van der Waals surface area contributed by atoms with Crippen LogP contribution in [0.5, 0.6) is 0 Å². The lowest BCUT2D eigenvalue weighted by atomic mass is 10.4. The predicted molar refractivity (Wildman–Crippen MR) is 95.9 cm³/mol. The predicted octanol–water partition coefficient (Wildman–Crippen LogP) is 5.06. The smallest absolute Gasteiger partial charge is 0.157 e. The van der Waals surface area contributed by atoms with Gasteiger partial charge in [-0.15, -0.1) is 0 Å². The third-order valence-corrected chi connectivity index (χ3v) is 25.8. The summed E-state index contributed by atoms with van der Waals surface area (Å²) in [6.45, 7) is 19.5. The lowest BCUT2D eigenvalue weighted by molar-refractivity contribution is 0.959. The van der Waals surface area contributed by atoms with Crippen molar-refractivity contribution in [3.63, 3.8) is 0 Å². The van der Waals surface area contributed by atoms with E-state index in [4.69, 9.17) is 16.1 Å². The quantitative estimate of drug-likeness (QED) is 0.556. The number of halogens is 1. The highest BCUT2D eigenvalue weighted by Crippen LogP contribution is 2.49. The Kier molecular flexibility index (Phi) is 4.63. The first kappa shape index (κ1) is 17.1. The molecule has 0 unspecified atom stereocenters. The van der Waals surface area contributed by atoms with Gasteiger partial charge in [-0.05, 0) is 12.1 Å². The van der Waals surface area contributed by atoms with Crippen LogP contribution in [0.3, 0.4) is 0 Å². The summed E-state index contributed by atoms with van der Waals surface area (Å²) in [4.78, 5) is 4.77. The third kappa shape index (κ3) is 2.77. The largest absolute Gasteiger partial charge is 0.262 e. The van der Waals surface area contributed by atoms with Crippen molar-refractivity contribution in [3.8, 4) is 0 Å². The Labute approximate surface area is 126 Å². The number of aromatic nitrogens is 1. The summed E-state index contributed by atoms with van der Waals surface area (Å²) >= 11 is 7.13. The molecule has 0 N–H and O–H groups in total. The van der Waals surface area contributed by atoms with Crippen molar-refractivity contribution in [2.45, 2.75) is 56.7 Å². The van der Waals surface area contributed by atoms with Crippen LogP contribution >= 0.6 is 11.1 Å². The van der Waals surface area contributed by atoms with Crippen LogP contribution in [0.25, 0.3) is 0 Å². The monoisotopic (exact) mass is 329 g/mol. The van der Waals surface area contributed by atoms with Crippen molar-refractivity contribution in [1.29, 1.82) is 0 Å². The molecule has 108 valence electrons. The molecule has 0 saturated heterocycles. The lowest BCUT2D eigenvalue weighted by Crippen LogP contribution is -2.74. The summed E-state index contributed by atoms with van der Waals surface area (Å²) < 4.78 is 0.176. The third-order valence-electron chi connectivity index (χ3n) is 4.19. The highest BCUT2D eigenvalue weighted by Gasteiger charge is 2.63. The Bertz CT molecular complexity index is 391. The minimum absolute atomic E-state index is 0.176. The minimum Gasteiger partial charge on any atom is -0.262 e. The van der Waals surface area contributed by atoms with Gasteiger partial charge in [0.05, 0.1) is 16.1 Å². The second-order valence-corrected chi connectivity index (χ2v) is 26.5. The summed E-state index contributed by atoms with van der Waals surface area (Å²) in [6.07, 6.45) is 1.93. The normalized spacial score (nSPS) is 14.6. The fourth-order valence-electron chi connectivity index (χ4n) is 4.57. The van der Waals surface area contributed by atoms with Crippen LogP contribution in [0.15, 0.2) is 24.4 Å². The number of pyridine rings is 1. The molecule has 1 nitrogen and oxygen atoms in total. The van der Waals surface area contributed by atoms with Crippen LogP contribution in [0, 0.1) is 0 Å².